The molecule has 1 aromatic rings. The maximum absolute atomic E-state index is 13.0. The molecule has 0 bridgehead atoms. The fourth-order valence-electron chi connectivity index (χ4n) is 5.85. The fraction of sp³-hybridized carbons (Fsp3) is 0.652. The third-order valence-electron chi connectivity index (χ3n) is 7.28. The summed E-state index contributed by atoms with van der Waals surface area (Å²) in [7, 11) is 1.63. The van der Waals surface area contributed by atoms with Crippen molar-refractivity contribution in [2.45, 2.75) is 33.1 Å². The summed E-state index contributed by atoms with van der Waals surface area (Å²) in [5, 5.41) is 3.11. The first-order valence-electron chi connectivity index (χ1n) is 10.8. The molecule has 3 saturated heterocycles. The quantitative estimate of drug-likeness (QED) is 0.845. The standard InChI is InChI=1S/C23H33N3O3/c1-17(2)14-25-15-22(23(16-25)8-11-24-21(23)28)9-12-26(13-10-22)20(27)18-4-6-19(29-3)7-5-18/h4-7,17H,8-16H2,1-3H3,(H,24,28)/t23-/m1/s1. The molecular weight excluding hydrogens is 366 g/mol. The number of likely N-dealkylation sites (tertiary alicyclic amines) is 2. The monoisotopic (exact) mass is 399 g/mol. The number of benzene rings is 1. The van der Waals surface area contributed by atoms with Crippen LogP contribution in [0.4, 0.5) is 0 Å². The lowest BCUT2D eigenvalue weighted by Gasteiger charge is -2.46. The molecule has 1 atom stereocenters. The van der Waals surface area contributed by atoms with Crippen molar-refractivity contribution in [3.8, 4) is 5.75 Å². The highest BCUT2D eigenvalue weighted by molar-refractivity contribution is 5.94. The molecule has 0 saturated carbocycles. The number of nitrogens with zero attached hydrogens (tertiary/aromatic N) is 2. The van der Waals surface area contributed by atoms with Gasteiger partial charge in [-0.1, -0.05) is 13.8 Å². The van der Waals surface area contributed by atoms with Crippen molar-refractivity contribution in [1.82, 2.24) is 15.1 Å². The van der Waals surface area contributed by atoms with Crippen LogP contribution in [0.1, 0.15) is 43.5 Å². The van der Waals surface area contributed by atoms with Gasteiger partial charge in [-0.2, -0.15) is 0 Å². The van der Waals surface area contributed by atoms with Gasteiger partial charge >= 0.3 is 0 Å². The predicted molar refractivity (Wildman–Crippen MR) is 112 cm³/mol. The average Bonchev–Trinajstić information content (AvgIpc) is 3.22. The number of amides is 2. The Kier molecular flexibility index (Phi) is 5.32. The van der Waals surface area contributed by atoms with Crippen molar-refractivity contribution in [2.75, 3.05) is 46.4 Å². The SMILES string of the molecule is COc1ccc(C(=O)N2CCC3(CC2)CN(CC(C)C)C[C@@]32CCNC2=O)cc1. The zero-order valence-corrected chi connectivity index (χ0v) is 17.9. The van der Waals surface area contributed by atoms with E-state index in [1.807, 2.05) is 29.2 Å². The molecule has 2 amide bonds. The van der Waals surface area contributed by atoms with E-state index >= 15 is 0 Å². The molecule has 0 aromatic heterocycles. The molecule has 6 nitrogen and oxygen atoms in total. The van der Waals surface area contributed by atoms with Crippen LogP contribution in [0.25, 0.3) is 0 Å². The van der Waals surface area contributed by atoms with Crippen LogP contribution in [0.5, 0.6) is 5.75 Å². The first kappa shape index (κ1) is 20.2. The number of ether oxygens (including phenoxy) is 1. The van der Waals surface area contributed by atoms with Crippen molar-refractivity contribution < 1.29 is 14.3 Å². The van der Waals surface area contributed by atoms with E-state index in [0.29, 0.717) is 11.5 Å². The van der Waals surface area contributed by atoms with E-state index in [9.17, 15) is 9.59 Å². The molecule has 0 aliphatic carbocycles. The summed E-state index contributed by atoms with van der Waals surface area (Å²) < 4.78 is 5.19. The summed E-state index contributed by atoms with van der Waals surface area (Å²) in [5.74, 6) is 1.65. The van der Waals surface area contributed by atoms with Gasteiger partial charge in [0.15, 0.2) is 0 Å². The van der Waals surface area contributed by atoms with Crippen LogP contribution in [0.2, 0.25) is 0 Å². The van der Waals surface area contributed by atoms with Crippen molar-refractivity contribution >= 4 is 11.8 Å². The van der Waals surface area contributed by atoms with Crippen LogP contribution in [-0.2, 0) is 4.79 Å². The van der Waals surface area contributed by atoms with Gasteiger partial charge in [-0.05, 0) is 49.4 Å². The van der Waals surface area contributed by atoms with E-state index in [-0.39, 0.29) is 22.6 Å². The second kappa shape index (κ2) is 7.63. The highest BCUT2D eigenvalue weighted by atomic mass is 16.5. The van der Waals surface area contributed by atoms with Gasteiger partial charge < -0.3 is 19.9 Å². The van der Waals surface area contributed by atoms with Crippen molar-refractivity contribution in [2.24, 2.45) is 16.7 Å². The van der Waals surface area contributed by atoms with Gasteiger partial charge in [0, 0.05) is 50.2 Å². The van der Waals surface area contributed by atoms with Gasteiger partial charge in [0.1, 0.15) is 5.75 Å². The minimum absolute atomic E-state index is 0.0147. The Bertz CT molecular complexity index is 768. The third kappa shape index (κ3) is 3.41. The van der Waals surface area contributed by atoms with E-state index in [1.165, 1.54) is 0 Å². The van der Waals surface area contributed by atoms with E-state index in [1.54, 1.807) is 7.11 Å². The summed E-state index contributed by atoms with van der Waals surface area (Å²) in [6.07, 6.45) is 2.72. The third-order valence-corrected chi connectivity index (χ3v) is 7.28. The van der Waals surface area contributed by atoms with E-state index in [2.05, 4.69) is 24.1 Å². The molecule has 0 radical (unpaired) electrons. The molecule has 6 heteroatoms. The number of rotatable bonds is 4. The van der Waals surface area contributed by atoms with E-state index in [4.69, 9.17) is 4.74 Å². The number of hydrogen-bond acceptors (Lipinski definition) is 4. The largest absolute Gasteiger partial charge is 0.497 e. The molecule has 3 fully saturated rings. The second-order valence-corrected chi connectivity index (χ2v) is 9.45. The van der Waals surface area contributed by atoms with E-state index in [0.717, 1.165) is 64.3 Å². The predicted octanol–water partition coefficient (Wildman–Crippen LogP) is 2.40. The molecule has 3 aliphatic rings. The number of piperidine rings is 1. The second-order valence-electron chi connectivity index (χ2n) is 9.45. The minimum Gasteiger partial charge on any atom is -0.497 e. The molecule has 4 rings (SSSR count). The smallest absolute Gasteiger partial charge is 0.253 e. The minimum atomic E-state index is -0.281. The summed E-state index contributed by atoms with van der Waals surface area (Å²) in [6.45, 7) is 9.57. The molecule has 29 heavy (non-hydrogen) atoms. The average molecular weight is 400 g/mol. The van der Waals surface area contributed by atoms with Crippen molar-refractivity contribution in [3.63, 3.8) is 0 Å². The highest BCUT2D eigenvalue weighted by Gasteiger charge is 2.63. The molecule has 0 unspecified atom stereocenters. The normalized spacial score (nSPS) is 26.5. The van der Waals surface area contributed by atoms with E-state index < -0.39 is 0 Å². The number of carbonyl (C=O) groups excluding carboxylic acids is 2. The van der Waals surface area contributed by atoms with Crippen LogP contribution in [0.15, 0.2) is 24.3 Å². The zero-order valence-electron chi connectivity index (χ0n) is 17.9. The number of hydrogen-bond donors (Lipinski definition) is 1. The zero-order chi connectivity index (χ0) is 20.6. The van der Waals surface area contributed by atoms with Gasteiger partial charge in [-0.15, -0.1) is 0 Å². The lowest BCUT2D eigenvalue weighted by molar-refractivity contribution is -0.133. The molecule has 158 valence electrons. The maximum atomic E-state index is 13.0. The Morgan fingerprint density at radius 3 is 2.38 bits per heavy atom. The number of nitrogens with one attached hydrogen (secondary N) is 1. The van der Waals surface area contributed by atoms with Gasteiger partial charge in [-0.3, -0.25) is 9.59 Å². The summed E-state index contributed by atoms with van der Waals surface area (Å²) >= 11 is 0. The van der Waals surface area contributed by atoms with Gasteiger partial charge in [0.25, 0.3) is 5.91 Å². The molecule has 1 N–H and O–H groups in total. The molecule has 3 heterocycles. The van der Waals surface area contributed by atoms with Crippen molar-refractivity contribution in [1.29, 1.82) is 0 Å². The number of methoxy groups -OCH3 is 1. The Morgan fingerprint density at radius 2 is 1.83 bits per heavy atom. The maximum Gasteiger partial charge on any atom is 0.253 e. The Balaban J connectivity index is 1.50. The van der Waals surface area contributed by atoms with Gasteiger partial charge in [0.05, 0.1) is 12.5 Å². The van der Waals surface area contributed by atoms with Crippen LogP contribution in [0, 0.1) is 16.7 Å². The van der Waals surface area contributed by atoms with Gasteiger partial charge in [-0.25, -0.2) is 0 Å². The van der Waals surface area contributed by atoms with Crippen LogP contribution < -0.4 is 10.1 Å². The first-order chi connectivity index (χ1) is 13.9. The highest BCUT2D eigenvalue weighted by Crippen LogP contribution is 2.56. The Hall–Kier alpha value is -2.08. The molecular formula is C23H33N3O3. The fourth-order valence-corrected chi connectivity index (χ4v) is 5.85. The summed E-state index contributed by atoms with van der Waals surface area (Å²) in [5.41, 5.74) is 0.402. The van der Waals surface area contributed by atoms with Crippen LogP contribution >= 0.6 is 0 Å². The Labute approximate surface area is 173 Å². The molecule has 3 aliphatic heterocycles. The Morgan fingerprint density at radius 1 is 1.14 bits per heavy atom. The lowest BCUT2D eigenvalue weighted by Crippen LogP contribution is -2.53. The summed E-state index contributed by atoms with van der Waals surface area (Å²) in [4.78, 5) is 30.4. The van der Waals surface area contributed by atoms with Crippen LogP contribution in [0.3, 0.4) is 0 Å². The molecule has 1 aromatic carbocycles. The molecule has 2 spiro atoms. The lowest BCUT2D eigenvalue weighted by atomic mass is 9.60. The van der Waals surface area contributed by atoms with Crippen LogP contribution in [-0.4, -0.2) is 68.0 Å². The van der Waals surface area contributed by atoms with Crippen molar-refractivity contribution in [3.05, 3.63) is 29.8 Å². The first-order valence-corrected chi connectivity index (χ1v) is 10.8. The number of carbonyl (C=O) groups is 2. The summed E-state index contributed by atoms with van der Waals surface area (Å²) in [6, 6.07) is 7.32. The topological polar surface area (TPSA) is 61.9 Å². The van der Waals surface area contributed by atoms with Gasteiger partial charge in [0.2, 0.25) is 5.91 Å². The number of fused-ring (bicyclic) bond motifs is 1.